The van der Waals surface area contributed by atoms with E-state index in [-0.39, 0.29) is 12.5 Å². The molecule has 1 amide bonds. The summed E-state index contributed by atoms with van der Waals surface area (Å²) in [5.41, 5.74) is 1.48. The van der Waals surface area contributed by atoms with Crippen LogP contribution >= 0.6 is 45.8 Å². The number of benzene rings is 1. The van der Waals surface area contributed by atoms with Crippen LogP contribution in [0, 0.1) is 3.57 Å². The molecule has 0 unspecified atom stereocenters. The lowest BCUT2D eigenvalue weighted by Gasteiger charge is -2.30. The molecule has 1 aromatic carbocycles. The monoisotopic (exact) mass is 433 g/mol. The highest BCUT2D eigenvalue weighted by Gasteiger charge is 2.26. The Morgan fingerprint density at radius 1 is 1.33 bits per heavy atom. The summed E-state index contributed by atoms with van der Waals surface area (Å²) in [7, 11) is 0. The van der Waals surface area contributed by atoms with Crippen LogP contribution in [0.25, 0.3) is 0 Å². The Bertz CT molecular complexity index is 703. The molecule has 1 N–H and O–H groups in total. The van der Waals surface area contributed by atoms with E-state index in [4.69, 9.17) is 23.2 Å². The van der Waals surface area contributed by atoms with Crippen LogP contribution in [0.1, 0.15) is 5.56 Å². The van der Waals surface area contributed by atoms with Crippen LogP contribution in [0.15, 0.2) is 30.5 Å². The van der Waals surface area contributed by atoms with Gasteiger partial charge in [0.1, 0.15) is 0 Å². The number of hydrogen-bond acceptors (Lipinski definition) is 3. The smallest absolute Gasteiger partial charge is 0.246 e. The van der Waals surface area contributed by atoms with Crippen molar-refractivity contribution in [3.05, 3.63) is 49.6 Å². The molecule has 7 heteroatoms. The fourth-order valence-electron chi connectivity index (χ4n) is 2.17. The molecule has 1 aliphatic rings. The van der Waals surface area contributed by atoms with Gasteiger partial charge in [-0.3, -0.25) is 4.79 Å². The third kappa shape index (κ3) is 2.95. The van der Waals surface area contributed by atoms with Crippen molar-refractivity contribution in [2.75, 3.05) is 16.8 Å². The fourth-order valence-corrected chi connectivity index (χ4v) is 3.13. The van der Waals surface area contributed by atoms with Crippen LogP contribution in [0.4, 0.5) is 11.5 Å². The number of aromatic nitrogens is 1. The van der Waals surface area contributed by atoms with E-state index >= 15 is 0 Å². The molecule has 2 aromatic rings. The predicted molar refractivity (Wildman–Crippen MR) is 93.1 cm³/mol. The molecular formula is C14H10Cl2IN3O. The van der Waals surface area contributed by atoms with E-state index in [0.29, 0.717) is 22.4 Å². The average Bonchev–Trinajstić information content (AvgIpc) is 2.45. The summed E-state index contributed by atoms with van der Waals surface area (Å²) in [5, 5.41) is 4.11. The second-order valence-electron chi connectivity index (χ2n) is 4.55. The standard InChI is InChI=1S/C14H10Cl2IN3O/c15-10-2-1-3-11(16)9(10)7-20-12-4-8(17)5-18-14(12)19-6-13(20)21/h1-5H,6-7H2,(H,18,19). The maximum atomic E-state index is 12.2. The number of nitrogens with one attached hydrogen (secondary N) is 1. The third-order valence-electron chi connectivity index (χ3n) is 3.21. The highest BCUT2D eigenvalue weighted by molar-refractivity contribution is 14.1. The first-order valence-electron chi connectivity index (χ1n) is 6.19. The second-order valence-corrected chi connectivity index (χ2v) is 6.61. The topological polar surface area (TPSA) is 45.2 Å². The predicted octanol–water partition coefficient (Wildman–Crippen LogP) is 3.95. The van der Waals surface area contributed by atoms with Gasteiger partial charge >= 0.3 is 0 Å². The average molecular weight is 434 g/mol. The summed E-state index contributed by atoms with van der Waals surface area (Å²) >= 11 is 14.6. The largest absolute Gasteiger partial charge is 0.359 e. The van der Waals surface area contributed by atoms with E-state index in [1.165, 1.54) is 0 Å². The molecular weight excluding hydrogens is 424 g/mol. The van der Waals surface area contributed by atoms with Gasteiger partial charge in [0.25, 0.3) is 0 Å². The van der Waals surface area contributed by atoms with Gasteiger partial charge in [-0.1, -0.05) is 29.3 Å². The molecule has 0 radical (unpaired) electrons. The van der Waals surface area contributed by atoms with Gasteiger partial charge in [-0.2, -0.15) is 0 Å². The number of nitrogens with zero attached hydrogens (tertiary/aromatic N) is 2. The van der Waals surface area contributed by atoms with E-state index in [0.717, 1.165) is 14.8 Å². The van der Waals surface area contributed by atoms with Crippen LogP contribution in [-0.2, 0) is 11.3 Å². The molecule has 0 saturated heterocycles. The Kier molecular flexibility index (Phi) is 4.24. The molecule has 0 spiro atoms. The summed E-state index contributed by atoms with van der Waals surface area (Å²) < 4.78 is 0.957. The number of carbonyl (C=O) groups excluding carboxylic acids is 1. The van der Waals surface area contributed by atoms with E-state index in [2.05, 4.69) is 32.9 Å². The first-order chi connectivity index (χ1) is 10.1. The molecule has 3 rings (SSSR count). The van der Waals surface area contributed by atoms with E-state index < -0.39 is 0 Å². The number of hydrogen-bond donors (Lipinski definition) is 1. The molecule has 0 aliphatic carbocycles. The fraction of sp³-hybridized carbons (Fsp3) is 0.143. The molecule has 1 aromatic heterocycles. The molecule has 108 valence electrons. The molecule has 1 aliphatic heterocycles. The van der Waals surface area contributed by atoms with Crippen molar-refractivity contribution in [2.45, 2.75) is 6.54 Å². The lowest BCUT2D eigenvalue weighted by atomic mass is 10.1. The highest BCUT2D eigenvalue weighted by Crippen LogP contribution is 2.33. The highest BCUT2D eigenvalue weighted by atomic mass is 127. The van der Waals surface area contributed by atoms with Crippen molar-refractivity contribution < 1.29 is 4.79 Å². The zero-order valence-electron chi connectivity index (χ0n) is 10.7. The second kappa shape index (κ2) is 5.98. The van der Waals surface area contributed by atoms with Gasteiger partial charge in [-0.25, -0.2) is 4.98 Å². The molecule has 21 heavy (non-hydrogen) atoms. The van der Waals surface area contributed by atoms with Crippen molar-refractivity contribution >= 4 is 63.2 Å². The Balaban J connectivity index is 2.03. The molecule has 0 bridgehead atoms. The summed E-state index contributed by atoms with van der Waals surface area (Å²) in [6, 6.07) is 7.23. The van der Waals surface area contributed by atoms with Crippen LogP contribution in [0.5, 0.6) is 0 Å². The Morgan fingerprint density at radius 2 is 2.05 bits per heavy atom. The van der Waals surface area contributed by atoms with Gasteiger partial charge in [-0.15, -0.1) is 0 Å². The maximum Gasteiger partial charge on any atom is 0.246 e. The zero-order chi connectivity index (χ0) is 15.0. The first-order valence-corrected chi connectivity index (χ1v) is 8.02. The molecule has 0 atom stereocenters. The van der Waals surface area contributed by atoms with Gasteiger partial charge in [0.15, 0.2) is 5.82 Å². The maximum absolute atomic E-state index is 12.2. The minimum Gasteiger partial charge on any atom is -0.359 e. The Morgan fingerprint density at radius 3 is 2.76 bits per heavy atom. The van der Waals surface area contributed by atoms with Crippen molar-refractivity contribution in [3.63, 3.8) is 0 Å². The van der Waals surface area contributed by atoms with Gasteiger partial charge in [0.2, 0.25) is 5.91 Å². The molecule has 0 saturated carbocycles. The summed E-state index contributed by atoms with van der Waals surface area (Å²) in [5.74, 6) is 0.653. The van der Waals surface area contributed by atoms with Crippen molar-refractivity contribution in [1.82, 2.24) is 4.98 Å². The number of carbonyl (C=O) groups is 1. The van der Waals surface area contributed by atoms with Crippen LogP contribution < -0.4 is 10.2 Å². The Labute approximate surface area is 145 Å². The summed E-state index contributed by atoms with van der Waals surface area (Å²) in [6.45, 7) is 0.538. The lowest BCUT2D eigenvalue weighted by molar-refractivity contribution is -0.117. The number of halogens is 3. The van der Waals surface area contributed by atoms with Crippen LogP contribution in [0.3, 0.4) is 0 Å². The molecule has 4 nitrogen and oxygen atoms in total. The summed E-state index contributed by atoms with van der Waals surface area (Å²) in [6.07, 6.45) is 1.75. The minimum atomic E-state index is -0.0395. The van der Waals surface area contributed by atoms with Crippen LogP contribution in [-0.4, -0.2) is 17.4 Å². The normalized spacial score (nSPS) is 13.9. The van der Waals surface area contributed by atoms with Crippen molar-refractivity contribution in [3.8, 4) is 0 Å². The third-order valence-corrected chi connectivity index (χ3v) is 4.51. The number of pyridine rings is 1. The molecule has 2 heterocycles. The SMILES string of the molecule is O=C1CNc2ncc(I)cc2N1Cc1c(Cl)cccc1Cl. The number of fused-ring (bicyclic) bond motifs is 1. The Hall–Kier alpha value is -1.05. The lowest BCUT2D eigenvalue weighted by Crippen LogP contribution is -2.40. The minimum absolute atomic E-state index is 0.0395. The van der Waals surface area contributed by atoms with Gasteiger partial charge < -0.3 is 10.2 Å². The summed E-state index contributed by atoms with van der Waals surface area (Å²) in [4.78, 5) is 18.2. The van der Waals surface area contributed by atoms with E-state index in [1.54, 1.807) is 29.3 Å². The first kappa shape index (κ1) is 14.9. The van der Waals surface area contributed by atoms with Crippen LogP contribution in [0.2, 0.25) is 10.0 Å². The van der Waals surface area contributed by atoms with E-state index in [1.807, 2.05) is 6.07 Å². The number of anilines is 2. The van der Waals surface area contributed by atoms with Crippen molar-refractivity contribution in [2.24, 2.45) is 0 Å². The zero-order valence-corrected chi connectivity index (χ0v) is 14.4. The van der Waals surface area contributed by atoms with Gasteiger partial charge in [0, 0.05) is 25.4 Å². The van der Waals surface area contributed by atoms with Gasteiger partial charge in [0.05, 0.1) is 18.8 Å². The van der Waals surface area contributed by atoms with Crippen molar-refractivity contribution in [1.29, 1.82) is 0 Å². The van der Waals surface area contributed by atoms with Gasteiger partial charge in [-0.05, 0) is 40.8 Å². The quantitative estimate of drug-likeness (QED) is 0.729. The number of amides is 1. The molecule has 0 fully saturated rings. The number of rotatable bonds is 2. The van der Waals surface area contributed by atoms with E-state index in [9.17, 15) is 4.79 Å².